The van der Waals surface area contributed by atoms with Gasteiger partial charge in [-0.25, -0.2) is 4.98 Å². The Labute approximate surface area is 137 Å². The van der Waals surface area contributed by atoms with E-state index in [0.29, 0.717) is 13.1 Å². The van der Waals surface area contributed by atoms with Gasteiger partial charge in [-0.2, -0.15) is 0 Å². The average molecular weight is 314 g/mol. The standard InChI is InChI=1S/C18H26N4O/c1-14-8-7-9-15-18(14)20-16(19-15)12-21(2)17(23)13-22-10-5-3-4-6-11-22/h7-9H,3-6,10-13H2,1-2H3,(H,19,20). The summed E-state index contributed by atoms with van der Waals surface area (Å²) in [4.78, 5) is 24.5. The van der Waals surface area contributed by atoms with Gasteiger partial charge >= 0.3 is 0 Å². The topological polar surface area (TPSA) is 52.2 Å². The number of para-hydroxylation sites is 1. The first-order valence-corrected chi connectivity index (χ1v) is 8.54. The van der Waals surface area contributed by atoms with Crippen LogP contribution in [-0.4, -0.2) is 52.4 Å². The fraction of sp³-hybridized carbons (Fsp3) is 0.556. The van der Waals surface area contributed by atoms with Crippen molar-refractivity contribution < 1.29 is 4.79 Å². The predicted octanol–water partition coefficient (Wildman–Crippen LogP) is 2.71. The van der Waals surface area contributed by atoms with Crippen molar-refractivity contribution in [2.75, 3.05) is 26.7 Å². The summed E-state index contributed by atoms with van der Waals surface area (Å²) in [5.41, 5.74) is 3.19. The quantitative estimate of drug-likeness (QED) is 0.944. The molecule has 3 rings (SSSR count). The van der Waals surface area contributed by atoms with Gasteiger partial charge < -0.3 is 9.88 Å². The molecular formula is C18H26N4O. The van der Waals surface area contributed by atoms with Crippen LogP contribution >= 0.6 is 0 Å². The molecule has 1 aromatic carbocycles. The third-order valence-corrected chi connectivity index (χ3v) is 4.63. The zero-order valence-corrected chi connectivity index (χ0v) is 14.1. The molecule has 1 aromatic heterocycles. The van der Waals surface area contributed by atoms with E-state index in [2.05, 4.69) is 27.9 Å². The molecule has 2 aromatic rings. The van der Waals surface area contributed by atoms with Crippen molar-refractivity contribution in [2.45, 2.75) is 39.2 Å². The van der Waals surface area contributed by atoms with Crippen molar-refractivity contribution in [1.29, 1.82) is 0 Å². The van der Waals surface area contributed by atoms with Crippen LogP contribution in [0.1, 0.15) is 37.1 Å². The maximum absolute atomic E-state index is 12.5. The first-order valence-electron chi connectivity index (χ1n) is 8.54. The number of nitrogens with zero attached hydrogens (tertiary/aromatic N) is 3. The monoisotopic (exact) mass is 314 g/mol. The van der Waals surface area contributed by atoms with E-state index in [1.165, 1.54) is 25.7 Å². The lowest BCUT2D eigenvalue weighted by Crippen LogP contribution is -2.38. The van der Waals surface area contributed by atoms with E-state index in [0.717, 1.165) is 35.5 Å². The maximum atomic E-state index is 12.5. The fourth-order valence-corrected chi connectivity index (χ4v) is 3.22. The highest BCUT2D eigenvalue weighted by Gasteiger charge is 2.17. The molecule has 1 fully saturated rings. The molecule has 0 bridgehead atoms. The van der Waals surface area contributed by atoms with Crippen LogP contribution in [-0.2, 0) is 11.3 Å². The second kappa shape index (κ2) is 7.13. The largest absolute Gasteiger partial charge is 0.340 e. The highest BCUT2D eigenvalue weighted by atomic mass is 16.2. The minimum atomic E-state index is 0.170. The summed E-state index contributed by atoms with van der Waals surface area (Å²) in [6.45, 7) is 5.20. The third kappa shape index (κ3) is 3.91. The summed E-state index contributed by atoms with van der Waals surface area (Å²) in [6.07, 6.45) is 5.00. The number of aromatic nitrogens is 2. The Morgan fingerprint density at radius 2 is 2.00 bits per heavy atom. The van der Waals surface area contributed by atoms with Crippen LogP contribution in [0.5, 0.6) is 0 Å². The van der Waals surface area contributed by atoms with Crippen LogP contribution in [0.15, 0.2) is 18.2 Å². The average Bonchev–Trinajstić information content (AvgIpc) is 2.76. The van der Waals surface area contributed by atoms with E-state index in [4.69, 9.17) is 0 Å². The van der Waals surface area contributed by atoms with E-state index >= 15 is 0 Å². The third-order valence-electron chi connectivity index (χ3n) is 4.63. The van der Waals surface area contributed by atoms with Crippen LogP contribution in [0, 0.1) is 6.92 Å². The summed E-state index contributed by atoms with van der Waals surface area (Å²) >= 11 is 0. The molecule has 124 valence electrons. The van der Waals surface area contributed by atoms with Gasteiger partial charge in [0.15, 0.2) is 0 Å². The number of amides is 1. The molecule has 0 aliphatic carbocycles. The lowest BCUT2D eigenvalue weighted by atomic mass is 10.2. The Balaban J connectivity index is 1.61. The Morgan fingerprint density at radius 1 is 1.26 bits per heavy atom. The van der Waals surface area contributed by atoms with E-state index in [1.54, 1.807) is 4.90 Å². The number of H-pyrrole nitrogens is 1. The SMILES string of the molecule is Cc1cccc2[nH]c(CN(C)C(=O)CN3CCCCCC3)nc12. The van der Waals surface area contributed by atoms with Gasteiger partial charge in [0, 0.05) is 7.05 Å². The summed E-state index contributed by atoms with van der Waals surface area (Å²) in [6, 6.07) is 6.10. The zero-order chi connectivity index (χ0) is 16.2. The Kier molecular flexibility index (Phi) is 4.96. The van der Waals surface area contributed by atoms with Gasteiger partial charge in [0.05, 0.1) is 24.1 Å². The van der Waals surface area contributed by atoms with Gasteiger partial charge in [-0.3, -0.25) is 9.69 Å². The van der Waals surface area contributed by atoms with E-state index < -0.39 is 0 Å². The highest BCUT2D eigenvalue weighted by Crippen LogP contribution is 2.16. The number of fused-ring (bicyclic) bond motifs is 1. The van der Waals surface area contributed by atoms with E-state index in [1.807, 2.05) is 19.2 Å². The van der Waals surface area contributed by atoms with Crippen molar-refractivity contribution in [3.63, 3.8) is 0 Å². The number of aromatic amines is 1. The Morgan fingerprint density at radius 3 is 2.70 bits per heavy atom. The van der Waals surface area contributed by atoms with Crippen LogP contribution in [0.2, 0.25) is 0 Å². The van der Waals surface area contributed by atoms with Gasteiger partial charge in [0.2, 0.25) is 5.91 Å². The van der Waals surface area contributed by atoms with Gasteiger partial charge in [-0.1, -0.05) is 25.0 Å². The number of carbonyl (C=O) groups excluding carboxylic acids is 1. The number of likely N-dealkylation sites (tertiary alicyclic amines) is 1. The second-order valence-corrected chi connectivity index (χ2v) is 6.59. The number of hydrogen-bond donors (Lipinski definition) is 1. The molecule has 0 saturated carbocycles. The molecule has 0 unspecified atom stereocenters. The van der Waals surface area contributed by atoms with Crippen molar-refractivity contribution in [2.24, 2.45) is 0 Å². The van der Waals surface area contributed by atoms with Crippen molar-refractivity contribution in [1.82, 2.24) is 19.8 Å². The molecule has 0 atom stereocenters. The van der Waals surface area contributed by atoms with Crippen LogP contribution < -0.4 is 0 Å². The number of aryl methyl sites for hydroxylation is 1. The van der Waals surface area contributed by atoms with Crippen molar-refractivity contribution in [3.8, 4) is 0 Å². The molecule has 1 aliphatic rings. The van der Waals surface area contributed by atoms with Gasteiger partial charge in [-0.15, -0.1) is 0 Å². The first kappa shape index (κ1) is 16.0. The maximum Gasteiger partial charge on any atom is 0.236 e. The summed E-state index contributed by atoms with van der Waals surface area (Å²) in [5, 5.41) is 0. The number of nitrogens with one attached hydrogen (secondary N) is 1. The summed E-state index contributed by atoms with van der Waals surface area (Å²) in [7, 11) is 1.86. The first-order chi connectivity index (χ1) is 11.1. The van der Waals surface area contributed by atoms with Gasteiger partial charge in [0.25, 0.3) is 0 Å². The molecule has 2 heterocycles. The van der Waals surface area contributed by atoms with Crippen LogP contribution in [0.4, 0.5) is 0 Å². The molecule has 1 amide bonds. The molecule has 0 radical (unpaired) electrons. The lowest BCUT2D eigenvalue weighted by Gasteiger charge is -2.23. The Hall–Kier alpha value is -1.88. The highest BCUT2D eigenvalue weighted by molar-refractivity contribution is 5.79. The van der Waals surface area contributed by atoms with Crippen molar-refractivity contribution >= 4 is 16.9 Å². The normalized spacial score (nSPS) is 16.4. The van der Waals surface area contributed by atoms with Crippen LogP contribution in [0.3, 0.4) is 0 Å². The smallest absolute Gasteiger partial charge is 0.236 e. The Bertz CT molecular complexity index is 671. The predicted molar refractivity (Wildman–Crippen MR) is 92.2 cm³/mol. The minimum absolute atomic E-state index is 0.170. The van der Waals surface area contributed by atoms with E-state index in [9.17, 15) is 4.79 Å². The van der Waals surface area contributed by atoms with Crippen molar-refractivity contribution in [3.05, 3.63) is 29.6 Å². The van der Waals surface area contributed by atoms with E-state index in [-0.39, 0.29) is 5.91 Å². The number of likely N-dealkylation sites (N-methyl/N-ethyl adjacent to an activating group) is 1. The number of rotatable bonds is 4. The second-order valence-electron chi connectivity index (χ2n) is 6.59. The molecule has 5 heteroatoms. The van der Waals surface area contributed by atoms with Gasteiger partial charge in [0.1, 0.15) is 5.82 Å². The molecule has 1 N–H and O–H groups in total. The van der Waals surface area contributed by atoms with Gasteiger partial charge in [-0.05, 0) is 44.5 Å². The molecule has 1 aliphatic heterocycles. The molecular weight excluding hydrogens is 288 g/mol. The molecule has 0 spiro atoms. The number of hydrogen-bond acceptors (Lipinski definition) is 3. The summed E-state index contributed by atoms with van der Waals surface area (Å²) in [5.74, 6) is 1.02. The molecule has 5 nitrogen and oxygen atoms in total. The zero-order valence-electron chi connectivity index (χ0n) is 14.1. The lowest BCUT2D eigenvalue weighted by molar-refractivity contribution is -0.131. The number of imidazole rings is 1. The fourth-order valence-electron chi connectivity index (χ4n) is 3.22. The summed E-state index contributed by atoms with van der Waals surface area (Å²) < 4.78 is 0. The number of benzene rings is 1. The molecule has 1 saturated heterocycles. The number of carbonyl (C=O) groups is 1. The minimum Gasteiger partial charge on any atom is -0.340 e. The van der Waals surface area contributed by atoms with Crippen LogP contribution in [0.25, 0.3) is 11.0 Å². The molecule has 23 heavy (non-hydrogen) atoms.